The molecule has 0 aliphatic heterocycles. The first-order valence-corrected chi connectivity index (χ1v) is 7.82. The van der Waals surface area contributed by atoms with Crippen molar-refractivity contribution in [1.82, 2.24) is 5.32 Å². The molecule has 2 heteroatoms. The molecule has 1 N–H and O–H groups in total. The van der Waals surface area contributed by atoms with E-state index in [9.17, 15) is 0 Å². The van der Waals surface area contributed by atoms with E-state index >= 15 is 0 Å². The van der Waals surface area contributed by atoms with Crippen LogP contribution in [0.5, 0.6) is 0 Å². The Morgan fingerprint density at radius 3 is 1.96 bits per heavy atom. The molecule has 0 spiro atoms. The summed E-state index contributed by atoms with van der Waals surface area (Å²) in [5, 5.41) is 3.52. The average Bonchev–Trinajstić information content (AvgIpc) is 2.64. The van der Waals surface area contributed by atoms with Gasteiger partial charge in [0.15, 0.2) is 0 Å². The van der Waals surface area contributed by atoms with Crippen molar-refractivity contribution in [3.05, 3.63) is 108 Å². The summed E-state index contributed by atoms with van der Waals surface area (Å²) in [7, 11) is 0. The van der Waals surface area contributed by atoms with Crippen molar-refractivity contribution in [3.63, 3.8) is 0 Å². The third-order valence-corrected chi connectivity index (χ3v) is 3.63. The van der Waals surface area contributed by atoms with Gasteiger partial charge in [0.1, 0.15) is 6.17 Å². The van der Waals surface area contributed by atoms with E-state index in [1.165, 1.54) is 5.56 Å². The molecule has 0 heterocycles. The zero-order valence-corrected chi connectivity index (χ0v) is 13.0. The Kier molecular flexibility index (Phi) is 5.33. The molecule has 1 atom stereocenters. The fraction of sp³-hybridized carbons (Fsp3) is 0.0952. The second-order valence-corrected chi connectivity index (χ2v) is 5.37. The molecule has 3 aromatic carbocycles. The van der Waals surface area contributed by atoms with Crippen LogP contribution in [0.1, 0.15) is 22.9 Å². The molecular formula is C21H20N2. The van der Waals surface area contributed by atoms with Crippen molar-refractivity contribution < 1.29 is 0 Å². The third kappa shape index (κ3) is 4.63. The molecular weight excluding hydrogens is 280 g/mol. The molecule has 23 heavy (non-hydrogen) atoms. The number of nitrogens with one attached hydrogen (secondary N) is 1. The summed E-state index contributed by atoms with van der Waals surface area (Å²) in [6, 6.07) is 30.9. The lowest BCUT2D eigenvalue weighted by Crippen LogP contribution is -2.19. The van der Waals surface area contributed by atoms with Crippen molar-refractivity contribution in [2.75, 3.05) is 0 Å². The number of aliphatic imine (C=N–C) groups is 1. The third-order valence-electron chi connectivity index (χ3n) is 3.63. The molecule has 0 aliphatic rings. The molecule has 0 aliphatic carbocycles. The summed E-state index contributed by atoms with van der Waals surface area (Å²) >= 11 is 0. The van der Waals surface area contributed by atoms with Crippen LogP contribution in [0.3, 0.4) is 0 Å². The minimum atomic E-state index is -0.0587. The minimum absolute atomic E-state index is 0.0587. The summed E-state index contributed by atoms with van der Waals surface area (Å²) < 4.78 is 0. The number of rotatable bonds is 6. The molecule has 2 nitrogen and oxygen atoms in total. The molecule has 0 bridgehead atoms. The molecule has 0 radical (unpaired) electrons. The van der Waals surface area contributed by atoms with Crippen molar-refractivity contribution in [1.29, 1.82) is 0 Å². The van der Waals surface area contributed by atoms with Crippen LogP contribution >= 0.6 is 0 Å². The van der Waals surface area contributed by atoms with Gasteiger partial charge in [0, 0.05) is 12.8 Å². The lowest BCUT2D eigenvalue weighted by atomic mass is 10.1. The number of nitrogens with zero attached hydrogens (tertiary/aromatic N) is 1. The van der Waals surface area contributed by atoms with Crippen molar-refractivity contribution >= 4 is 6.21 Å². The Labute approximate surface area is 137 Å². The second-order valence-electron chi connectivity index (χ2n) is 5.37. The summed E-state index contributed by atoms with van der Waals surface area (Å²) in [5.41, 5.74) is 3.52. The highest BCUT2D eigenvalue weighted by Crippen LogP contribution is 2.15. The largest absolute Gasteiger partial charge is 0.288 e. The molecule has 0 aromatic heterocycles. The van der Waals surface area contributed by atoms with Gasteiger partial charge in [0.2, 0.25) is 0 Å². The Morgan fingerprint density at radius 1 is 0.739 bits per heavy atom. The first-order chi connectivity index (χ1) is 11.4. The molecule has 0 unspecified atom stereocenters. The topological polar surface area (TPSA) is 24.4 Å². The SMILES string of the molecule is C(=N[C@@H](NCc1ccccc1)c1ccccc1)c1ccccc1. The van der Waals surface area contributed by atoms with Gasteiger partial charge in [-0.2, -0.15) is 0 Å². The summed E-state index contributed by atoms with van der Waals surface area (Å²) in [6.45, 7) is 0.784. The molecule has 0 fully saturated rings. The molecule has 0 saturated heterocycles. The predicted octanol–water partition coefficient (Wildman–Crippen LogP) is 4.59. The Hall–Kier alpha value is -2.71. The van der Waals surface area contributed by atoms with E-state index < -0.39 is 0 Å². The van der Waals surface area contributed by atoms with Crippen LogP contribution in [0.15, 0.2) is 96.0 Å². The predicted molar refractivity (Wildman–Crippen MR) is 96.5 cm³/mol. The van der Waals surface area contributed by atoms with Gasteiger partial charge in [-0.3, -0.25) is 10.3 Å². The highest BCUT2D eigenvalue weighted by Gasteiger charge is 2.07. The Bertz CT molecular complexity index is 722. The van der Waals surface area contributed by atoms with Gasteiger partial charge in [-0.25, -0.2) is 0 Å². The molecule has 114 valence electrons. The van der Waals surface area contributed by atoms with Crippen LogP contribution in [0, 0.1) is 0 Å². The maximum Gasteiger partial charge on any atom is 0.125 e. The molecule has 0 saturated carbocycles. The molecule has 3 aromatic rings. The maximum atomic E-state index is 4.74. The van der Waals surface area contributed by atoms with E-state index in [1.807, 2.05) is 48.7 Å². The van der Waals surface area contributed by atoms with Crippen molar-refractivity contribution in [3.8, 4) is 0 Å². The fourth-order valence-corrected chi connectivity index (χ4v) is 2.40. The van der Waals surface area contributed by atoms with Crippen molar-refractivity contribution in [2.45, 2.75) is 12.7 Å². The zero-order chi connectivity index (χ0) is 15.7. The maximum absolute atomic E-state index is 4.74. The lowest BCUT2D eigenvalue weighted by molar-refractivity contribution is 0.556. The summed E-state index contributed by atoms with van der Waals surface area (Å²) in [4.78, 5) is 4.74. The van der Waals surface area contributed by atoms with Crippen LogP contribution in [-0.4, -0.2) is 6.21 Å². The van der Waals surface area contributed by atoms with Crippen LogP contribution in [0.25, 0.3) is 0 Å². The molecule has 3 rings (SSSR count). The van der Waals surface area contributed by atoms with Gasteiger partial charge in [-0.05, 0) is 16.7 Å². The Balaban J connectivity index is 1.75. The number of benzene rings is 3. The van der Waals surface area contributed by atoms with E-state index in [-0.39, 0.29) is 6.17 Å². The summed E-state index contributed by atoms with van der Waals surface area (Å²) in [5.74, 6) is 0. The van der Waals surface area contributed by atoms with E-state index in [4.69, 9.17) is 4.99 Å². The summed E-state index contributed by atoms with van der Waals surface area (Å²) in [6.07, 6.45) is 1.87. The molecule has 0 amide bonds. The highest BCUT2D eigenvalue weighted by atomic mass is 15.1. The van der Waals surface area contributed by atoms with Crippen LogP contribution in [0.4, 0.5) is 0 Å². The number of hydrogen-bond donors (Lipinski definition) is 1. The van der Waals surface area contributed by atoms with E-state index in [2.05, 4.69) is 53.8 Å². The van der Waals surface area contributed by atoms with Gasteiger partial charge >= 0.3 is 0 Å². The minimum Gasteiger partial charge on any atom is -0.288 e. The van der Waals surface area contributed by atoms with Gasteiger partial charge in [-0.15, -0.1) is 0 Å². The van der Waals surface area contributed by atoms with Gasteiger partial charge in [0.05, 0.1) is 0 Å². The smallest absolute Gasteiger partial charge is 0.125 e. The van der Waals surface area contributed by atoms with Crippen molar-refractivity contribution in [2.24, 2.45) is 4.99 Å². The average molecular weight is 300 g/mol. The second kappa shape index (κ2) is 8.06. The lowest BCUT2D eigenvalue weighted by Gasteiger charge is -2.15. The zero-order valence-electron chi connectivity index (χ0n) is 13.0. The van der Waals surface area contributed by atoms with Gasteiger partial charge in [-0.1, -0.05) is 91.0 Å². The van der Waals surface area contributed by atoms with Crippen LogP contribution < -0.4 is 5.32 Å². The van der Waals surface area contributed by atoms with E-state index in [1.54, 1.807) is 0 Å². The first kappa shape index (κ1) is 15.2. The van der Waals surface area contributed by atoms with Crippen LogP contribution in [-0.2, 0) is 6.54 Å². The fourth-order valence-electron chi connectivity index (χ4n) is 2.40. The first-order valence-electron chi connectivity index (χ1n) is 7.82. The standard InChI is InChI=1S/C21H20N2/c1-4-10-18(11-5-1)16-22-21(20-14-8-3-9-15-20)23-17-19-12-6-2-7-13-19/h1-16,21,23H,17H2/t21-/m0/s1. The van der Waals surface area contributed by atoms with Crippen LogP contribution in [0.2, 0.25) is 0 Å². The normalized spacial score (nSPS) is 12.3. The van der Waals surface area contributed by atoms with Gasteiger partial charge in [0.25, 0.3) is 0 Å². The number of hydrogen-bond acceptors (Lipinski definition) is 2. The van der Waals surface area contributed by atoms with Gasteiger partial charge < -0.3 is 0 Å². The van der Waals surface area contributed by atoms with E-state index in [0.29, 0.717) is 0 Å². The Morgan fingerprint density at radius 2 is 1.30 bits per heavy atom. The monoisotopic (exact) mass is 300 g/mol. The highest BCUT2D eigenvalue weighted by molar-refractivity contribution is 5.79. The quantitative estimate of drug-likeness (QED) is 0.661. The van der Waals surface area contributed by atoms with E-state index in [0.717, 1.165) is 17.7 Å².